The summed E-state index contributed by atoms with van der Waals surface area (Å²) in [6.45, 7) is 6.57. The topological polar surface area (TPSA) is 54.0 Å². The Morgan fingerprint density at radius 2 is 1.77 bits per heavy atom. The number of nitrogens with one attached hydrogen (secondary N) is 1. The Balaban J connectivity index is 1.31. The van der Waals surface area contributed by atoms with Crippen molar-refractivity contribution >= 4 is 17.5 Å². The van der Waals surface area contributed by atoms with Crippen LogP contribution < -0.4 is 10.1 Å². The standard InChI is InChI=1S/C23H30ClN3O3/c1-26(10-15-30-22-8-6-21(24)7-9-22)18-23(28)25-16-19-2-4-20(5-3-19)17-27-11-13-29-14-12-27/h2-9H,10-18H2,1H3,(H,25,28). The summed E-state index contributed by atoms with van der Waals surface area (Å²) in [5.74, 6) is 0.774. The number of rotatable bonds is 10. The van der Waals surface area contributed by atoms with Crippen LogP contribution in [0.4, 0.5) is 0 Å². The highest BCUT2D eigenvalue weighted by Crippen LogP contribution is 2.15. The third kappa shape index (κ3) is 7.95. The molecule has 30 heavy (non-hydrogen) atoms. The molecule has 3 rings (SSSR count). The molecular formula is C23H30ClN3O3. The first kappa shape index (κ1) is 22.6. The van der Waals surface area contributed by atoms with E-state index < -0.39 is 0 Å². The van der Waals surface area contributed by atoms with Crippen LogP contribution in [0.2, 0.25) is 5.02 Å². The Morgan fingerprint density at radius 3 is 2.47 bits per heavy atom. The first-order chi connectivity index (χ1) is 14.6. The zero-order chi connectivity index (χ0) is 21.2. The Hall–Kier alpha value is -2.12. The maximum Gasteiger partial charge on any atom is 0.234 e. The molecule has 0 bridgehead atoms. The van der Waals surface area contributed by atoms with Crippen LogP contribution in [0, 0.1) is 0 Å². The molecule has 7 heteroatoms. The molecule has 1 aliphatic heterocycles. The van der Waals surface area contributed by atoms with Gasteiger partial charge in [-0.3, -0.25) is 14.6 Å². The lowest BCUT2D eigenvalue weighted by atomic mass is 10.1. The van der Waals surface area contributed by atoms with E-state index in [0.29, 0.717) is 31.3 Å². The zero-order valence-electron chi connectivity index (χ0n) is 17.5. The van der Waals surface area contributed by atoms with Crippen molar-refractivity contribution < 1.29 is 14.3 Å². The van der Waals surface area contributed by atoms with E-state index in [-0.39, 0.29) is 5.91 Å². The van der Waals surface area contributed by atoms with Crippen molar-refractivity contribution in [2.75, 3.05) is 53.0 Å². The molecule has 2 aromatic rings. The minimum absolute atomic E-state index is 0.00128. The van der Waals surface area contributed by atoms with Gasteiger partial charge in [-0.05, 0) is 42.4 Å². The number of carbonyl (C=O) groups is 1. The molecule has 1 saturated heterocycles. The molecule has 1 heterocycles. The monoisotopic (exact) mass is 431 g/mol. The highest BCUT2D eigenvalue weighted by atomic mass is 35.5. The summed E-state index contributed by atoms with van der Waals surface area (Å²) >= 11 is 5.86. The van der Waals surface area contributed by atoms with Crippen LogP contribution in [-0.4, -0.2) is 68.8 Å². The van der Waals surface area contributed by atoms with Crippen LogP contribution >= 0.6 is 11.6 Å². The zero-order valence-corrected chi connectivity index (χ0v) is 18.2. The summed E-state index contributed by atoms with van der Waals surface area (Å²) in [5.41, 5.74) is 2.38. The van der Waals surface area contributed by atoms with E-state index in [1.54, 1.807) is 12.1 Å². The molecule has 1 amide bonds. The lowest BCUT2D eigenvalue weighted by Gasteiger charge is -2.26. The van der Waals surface area contributed by atoms with Gasteiger partial charge in [0.2, 0.25) is 5.91 Å². The van der Waals surface area contributed by atoms with Crippen molar-refractivity contribution in [3.63, 3.8) is 0 Å². The van der Waals surface area contributed by atoms with Crippen molar-refractivity contribution in [3.05, 3.63) is 64.7 Å². The van der Waals surface area contributed by atoms with Gasteiger partial charge in [-0.2, -0.15) is 0 Å². The fraction of sp³-hybridized carbons (Fsp3) is 0.435. The molecule has 0 aromatic heterocycles. The number of hydrogen-bond donors (Lipinski definition) is 1. The van der Waals surface area contributed by atoms with Crippen LogP contribution in [0.25, 0.3) is 0 Å². The molecule has 1 N–H and O–H groups in total. The van der Waals surface area contributed by atoms with E-state index in [1.165, 1.54) is 5.56 Å². The maximum atomic E-state index is 12.2. The third-order valence-corrected chi connectivity index (χ3v) is 5.24. The van der Waals surface area contributed by atoms with Gasteiger partial charge in [0.15, 0.2) is 0 Å². The number of halogens is 1. The Kier molecular flexibility index (Phi) is 8.96. The van der Waals surface area contributed by atoms with Crippen LogP contribution in [0.1, 0.15) is 11.1 Å². The number of carbonyl (C=O) groups excluding carboxylic acids is 1. The van der Waals surface area contributed by atoms with Gasteiger partial charge in [0.05, 0.1) is 19.8 Å². The van der Waals surface area contributed by atoms with E-state index in [1.807, 2.05) is 24.1 Å². The van der Waals surface area contributed by atoms with Crippen molar-refractivity contribution in [1.82, 2.24) is 15.1 Å². The molecule has 2 aromatic carbocycles. The molecule has 1 aliphatic rings. The first-order valence-electron chi connectivity index (χ1n) is 10.3. The van der Waals surface area contributed by atoms with Gasteiger partial charge in [0, 0.05) is 37.7 Å². The number of morpholine rings is 1. The van der Waals surface area contributed by atoms with Crippen molar-refractivity contribution in [1.29, 1.82) is 0 Å². The van der Waals surface area contributed by atoms with Gasteiger partial charge in [0.25, 0.3) is 0 Å². The van der Waals surface area contributed by atoms with E-state index in [9.17, 15) is 4.79 Å². The number of hydrogen-bond acceptors (Lipinski definition) is 5. The highest BCUT2D eigenvalue weighted by Gasteiger charge is 2.11. The molecule has 0 saturated carbocycles. The van der Waals surface area contributed by atoms with Gasteiger partial charge >= 0.3 is 0 Å². The normalized spacial score (nSPS) is 14.6. The second-order valence-corrected chi connectivity index (χ2v) is 7.96. The largest absolute Gasteiger partial charge is 0.492 e. The lowest BCUT2D eigenvalue weighted by molar-refractivity contribution is -0.122. The molecule has 6 nitrogen and oxygen atoms in total. The molecular weight excluding hydrogens is 402 g/mol. The number of benzene rings is 2. The third-order valence-electron chi connectivity index (χ3n) is 4.99. The summed E-state index contributed by atoms with van der Waals surface area (Å²) < 4.78 is 11.1. The van der Waals surface area contributed by atoms with Crippen molar-refractivity contribution in [2.24, 2.45) is 0 Å². The second kappa shape index (κ2) is 11.9. The van der Waals surface area contributed by atoms with Crippen LogP contribution in [0.3, 0.4) is 0 Å². The molecule has 1 fully saturated rings. The summed E-state index contributed by atoms with van der Waals surface area (Å²) in [4.78, 5) is 16.5. The highest BCUT2D eigenvalue weighted by molar-refractivity contribution is 6.30. The first-order valence-corrected chi connectivity index (χ1v) is 10.7. The smallest absolute Gasteiger partial charge is 0.234 e. The quantitative estimate of drug-likeness (QED) is 0.627. The van der Waals surface area contributed by atoms with Gasteiger partial charge in [-0.1, -0.05) is 35.9 Å². The number of likely N-dealkylation sites (N-methyl/N-ethyl adjacent to an activating group) is 1. The van der Waals surface area contributed by atoms with Gasteiger partial charge < -0.3 is 14.8 Å². The average molecular weight is 432 g/mol. The minimum atomic E-state index is 0.00128. The maximum absolute atomic E-state index is 12.2. The number of nitrogens with zero attached hydrogens (tertiary/aromatic N) is 2. The van der Waals surface area contributed by atoms with Gasteiger partial charge in [-0.25, -0.2) is 0 Å². The molecule has 0 spiro atoms. The average Bonchev–Trinajstić information content (AvgIpc) is 2.75. The predicted molar refractivity (Wildman–Crippen MR) is 119 cm³/mol. The SMILES string of the molecule is CN(CCOc1ccc(Cl)cc1)CC(=O)NCc1ccc(CN2CCOCC2)cc1. The van der Waals surface area contributed by atoms with E-state index in [2.05, 4.69) is 34.5 Å². The molecule has 162 valence electrons. The molecule has 0 radical (unpaired) electrons. The lowest BCUT2D eigenvalue weighted by Crippen LogP contribution is -2.36. The Labute approximate surface area is 183 Å². The summed E-state index contributed by atoms with van der Waals surface area (Å²) in [7, 11) is 1.91. The summed E-state index contributed by atoms with van der Waals surface area (Å²) in [6, 6.07) is 15.7. The van der Waals surface area contributed by atoms with Crippen LogP contribution in [0.15, 0.2) is 48.5 Å². The van der Waals surface area contributed by atoms with Gasteiger partial charge in [0.1, 0.15) is 12.4 Å². The van der Waals surface area contributed by atoms with Crippen LogP contribution in [-0.2, 0) is 22.6 Å². The van der Waals surface area contributed by atoms with Crippen molar-refractivity contribution in [2.45, 2.75) is 13.1 Å². The van der Waals surface area contributed by atoms with E-state index in [0.717, 1.165) is 44.2 Å². The minimum Gasteiger partial charge on any atom is -0.492 e. The Bertz CT molecular complexity index is 777. The van der Waals surface area contributed by atoms with Gasteiger partial charge in [-0.15, -0.1) is 0 Å². The summed E-state index contributed by atoms with van der Waals surface area (Å²) in [5, 5.41) is 3.67. The molecule has 0 aliphatic carbocycles. The van der Waals surface area contributed by atoms with E-state index in [4.69, 9.17) is 21.1 Å². The number of ether oxygens (including phenoxy) is 2. The Morgan fingerprint density at radius 1 is 1.10 bits per heavy atom. The van der Waals surface area contributed by atoms with Crippen molar-refractivity contribution in [3.8, 4) is 5.75 Å². The van der Waals surface area contributed by atoms with E-state index >= 15 is 0 Å². The fourth-order valence-corrected chi connectivity index (χ4v) is 3.34. The summed E-state index contributed by atoms with van der Waals surface area (Å²) in [6.07, 6.45) is 0. The molecule has 0 unspecified atom stereocenters. The predicted octanol–water partition coefficient (Wildman–Crippen LogP) is 2.80. The molecule has 0 atom stereocenters. The number of amides is 1. The second-order valence-electron chi connectivity index (χ2n) is 7.52. The van der Waals surface area contributed by atoms with Crippen LogP contribution in [0.5, 0.6) is 5.75 Å². The fourth-order valence-electron chi connectivity index (χ4n) is 3.21.